The summed E-state index contributed by atoms with van der Waals surface area (Å²) in [6.07, 6.45) is 33.1. The van der Waals surface area contributed by atoms with Crippen molar-refractivity contribution < 1.29 is 4.74 Å². The van der Waals surface area contributed by atoms with Crippen LogP contribution in [0.2, 0.25) is 0 Å². The van der Waals surface area contributed by atoms with E-state index in [1.54, 1.807) is 0 Å². The molecule has 0 aliphatic rings. The Morgan fingerprint density at radius 1 is 0.385 bits per heavy atom. The molecule has 2 rings (SSSR count). The second-order valence-electron chi connectivity index (χ2n) is 12.0. The fraction of sp³-hybridized carbons (Fsp3) is 0.684. The van der Waals surface area contributed by atoms with Crippen molar-refractivity contribution in [1.29, 1.82) is 0 Å². The van der Waals surface area contributed by atoms with Crippen molar-refractivity contribution in [3.63, 3.8) is 0 Å². The van der Waals surface area contributed by atoms with Crippen LogP contribution in [-0.2, 0) is 12.8 Å². The highest BCUT2D eigenvalue weighted by Gasteiger charge is 2.05. The fourth-order valence-electron chi connectivity index (χ4n) is 5.69. The van der Waals surface area contributed by atoms with E-state index < -0.39 is 0 Å². The van der Waals surface area contributed by atoms with Crippen molar-refractivity contribution >= 4 is 0 Å². The van der Waals surface area contributed by atoms with Crippen molar-refractivity contribution in [2.24, 2.45) is 0 Å². The number of hydrogen-bond donors (Lipinski definition) is 0. The highest BCUT2D eigenvalue weighted by atomic mass is 16.5. The first-order chi connectivity index (χ1) is 19.3. The van der Waals surface area contributed by atoms with Crippen molar-refractivity contribution in [3.05, 3.63) is 59.7 Å². The minimum absolute atomic E-state index is 0.935. The Labute approximate surface area is 243 Å². The Hall–Kier alpha value is -1.76. The molecule has 0 unspecified atom stereocenters. The van der Waals surface area contributed by atoms with Crippen LogP contribution in [-0.4, -0.2) is 0 Å². The molecule has 1 heteroatoms. The summed E-state index contributed by atoms with van der Waals surface area (Å²) in [4.78, 5) is 0. The molecule has 39 heavy (non-hydrogen) atoms. The van der Waals surface area contributed by atoms with Gasteiger partial charge >= 0.3 is 0 Å². The third kappa shape index (κ3) is 18.3. The highest BCUT2D eigenvalue weighted by molar-refractivity contribution is 5.38. The molecule has 0 aliphatic heterocycles. The van der Waals surface area contributed by atoms with Crippen LogP contribution in [0.5, 0.6) is 11.5 Å². The van der Waals surface area contributed by atoms with E-state index in [1.165, 1.54) is 165 Å². The molecular formula is C38H62O. The minimum atomic E-state index is 0.935. The van der Waals surface area contributed by atoms with Gasteiger partial charge < -0.3 is 4.74 Å². The Kier molecular flexibility index (Phi) is 20.6. The van der Waals surface area contributed by atoms with Gasteiger partial charge in [0.1, 0.15) is 11.5 Å². The normalized spacial score (nSPS) is 11.2. The molecule has 0 amide bonds. The molecule has 220 valence electrons. The lowest BCUT2D eigenvalue weighted by atomic mass is 9.99. The number of aryl methyl sites for hydroxylation is 2. The number of rotatable bonds is 26. The standard InChI is InChI=1S/C38H62O/c1-3-5-7-9-11-13-15-17-19-21-24-28-35-32-36(34-38(33-35)39-37-30-26-23-27-31-37)29-25-22-20-18-16-14-12-10-8-6-4-2/h23,26-27,30-34H,3-22,24-25,28-29H2,1-2H3. The van der Waals surface area contributed by atoms with E-state index in [9.17, 15) is 0 Å². The molecule has 0 fully saturated rings. The predicted octanol–water partition coefficient (Wildman–Crippen LogP) is 13.2. The van der Waals surface area contributed by atoms with Crippen LogP contribution in [0.3, 0.4) is 0 Å². The van der Waals surface area contributed by atoms with Gasteiger partial charge in [0.15, 0.2) is 0 Å². The Morgan fingerprint density at radius 2 is 0.744 bits per heavy atom. The number of para-hydroxylation sites is 1. The van der Waals surface area contributed by atoms with E-state index in [2.05, 4.69) is 56.3 Å². The van der Waals surface area contributed by atoms with Crippen LogP contribution in [0.1, 0.15) is 166 Å². The highest BCUT2D eigenvalue weighted by Crippen LogP contribution is 2.26. The summed E-state index contributed by atoms with van der Waals surface area (Å²) in [5, 5.41) is 0. The van der Waals surface area contributed by atoms with Gasteiger partial charge in [0.2, 0.25) is 0 Å². The van der Waals surface area contributed by atoms with Crippen LogP contribution in [0.25, 0.3) is 0 Å². The van der Waals surface area contributed by atoms with Gasteiger partial charge in [0.25, 0.3) is 0 Å². The summed E-state index contributed by atoms with van der Waals surface area (Å²) in [5.41, 5.74) is 2.91. The van der Waals surface area contributed by atoms with Gasteiger partial charge in [-0.25, -0.2) is 0 Å². The Morgan fingerprint density at radius 3 is 1.13 bits per heavy atom. The second kappa shape index (κ2) is 24.1. The summed E-state index contributed by atoms with van der Waals surface area (Å²) >= 11 is 0. The van der Waals surface area contributed by atoms with Gasteiger partial charge in [-0.1, -0.05) is 167 Å². The summed E-state index contributed by atoms with van der Waals surface area (Å²) in [7, 11) is 0. The molecule has 0 N–H and O–H groups in total. The van der Waals surface area contributed by atoms with Crippen molar-refractivity contribution in [2.75, 3.05) is 0 Å². The second-order valence-corrected chi connectivity index (χ2v) is 12.0. The van der Waals surface area contributed by atoms with Crippen molar-refractivity contribution in [1.82, 2.24) is 0 Å². The first kappa shape index (κ1) is 33.4. The van der Waals surface area contributed by atoms with Crippen LogP contribution in [0.15, 0.2) is 48.5 Å². The summed E-state index contributed by atoms with van der Waals surface area (Å²) in [6, 6.07) is 17.3. The molecule has 0 saturated heterocycles. The molecule has 0 aromatic heterocycles. The summed E-state index contributed by atoms with van der Waals surface area (Å²) in [6.45, 7) is 4.60. The Balaban J connectivity index is 1.69. The molecule has 1 nitrogen and oxygen atoms in total. The number of benzene rings is 2. The smallest absolute Gasteiger partial charge is 0.127 e. The van der Waals surface area contributed by atoms with Crippen molar-refractivity contribution in [3.8, 4) is 11.5 Å². The average molecular weight is 535 g/mol. The molecule has 0 heterocycles. The van der Waals surface area contributed by atoms with Crippen LogP contribution in [0, 0.1) is 0 Å². The Bertz CT molecular complexity index is 751. The number of unbranched alkanes of at least 4 members (excludes halogenated alkanes) is 20. The van der Waals surface area contributed by atoms with Crippen LogP contribution in [0.4, 0.5) is 0 Å². The van der Waals surface area contributed by atoms with Gasteiger partial charge in [0.05, 0.1) is 0 Å². The molecule has 2 aromatic carbocycles. The average Bonchev–Trinajstić information content (AvgIpc) is 2.95. The summed E-state index contributed by atoms with van der Waals surface area (Å²) < 4.78 is 6.27. The largest absolute Gasteiger partial charge is 0.457 e. The third-order valence-electron chi connectivity index (χ3n) is 8.14. The zero-order valence-corrected chi connectivity index (χ0v) is 26.0. The maximum absolute atomic E-state index is 6.27. The van der Waals surface area contributed by atoms with E-state index in [4.69, 9.17) is 4.74 Å². The molecule has 0 spiro atoms. The van der Waals surface area contributed by atoms with E-state index in [-0.39, 0.29) is 0 Å². The summed E-state index contributed by atoms with van der Waals surface area (Å²) in [5.74, 6) is 1.95. The lowest BCUT2D eigenvalue weighted by molar-refractivity contribution is 0.480. The molecule has 2 aromatic rings. The lowest BCUT2D eigenvalue weighted by Gasteiger charge is -2.12. The molecular weight excluding hydrogens is 472 g/mol. The van der Waals surface area contributed by atoms with Crippen molar-refractivity contribution in [2.45, 2.75) is 168 Å². The fourth-order valence-corrected chi connectivity index (χ4v) is 5.69. The maximum atomic E-state index is 6.27. The van der Waals surface area contributed by atoms with Gasteiger partial charge in [-0.2, -0.15) is 0 Å². The molecule has 0 atom stereocenters. The SMILES string of the molecule is CCCCCCCCCCCCCc1cc(CCCCCCCCCCCCC)cc(Oc2ccccc2)c1. The topological polar surface area (TPSA) is 9.23 Å². The monoisotopic (exact) mass is 534 g/mol. The predicted molar refractivity (Wildman–Crippen MR) is 173 cm³/mol. The first-order valence-corrected chi connectivity index (χ1v) is 17.2. The number of ether oxygens (including phenoxy) is 1. The third-order valence-corrected chi connectivity index (χ3v) is 8.14. The van der Waals surface area contributed by atoms with Gasteiger partial charge in [-0.15, -0.1) is 0 Å². The molecule has 0 aliphatic carbocycles. The lowest BCUT2D eigenvalue weighted by Crippen LogP contribution is -1.94. The van der Waals surface area contributed by atoms with E-state index in [1.807, 2.05) is 6.07 Å². The van der Waals surface area contributed by atoms with Crippen LogP contribution >= 0.6 is 0 Å². The van der Waals surface area contributed by atoms with E-state index in [0.717, 1.165) is 11.5 Å². The van der Waals surface area contributed by atoms with Gasteiger partial charge in [-0.05, 0) is 61.1 Å². The van der Waals surface area contributed by atoms with Crippen LogP contribution < -0.4 is 4.74 Å². The molecule has 0 saturated carbocycles. The maximum Gasteiger partial charge on any atom is 0.127 e. The minimum Gasteiger partial charge on any atom is -0.457 e. The van der Waals surface area contributed by atoms with Gasteiger partial charge in [-0.3, -0.25) is 0 Å². The quantitative estimate of drug-likeness (QED) is 0.109. The van der Waals surface area contributed by atoms with E-state index in [0.29, 0.717) is 0 Å². The number of hydrogen-bond acceptors (Lipinski definition) is 1. The molecule has 0 bridgehead atoms. The zero-order valence-electron chi connectivity index (χ0n) is 26.0. The van der Waals surface area contributed by atoms with Gasteiger partial charge in [0, 0.05) is 0 Å². The first-order valence-electron chi connectivity index (χ1n) is 17.2. The zero-order chi connectivity index (χ0) is 27.6. The van der Waals surface area contributed by atoms with E-state index >= 15 is 0 Å². The molecule has 0 radical (unpaired) electrons.